The average Bonchev–Trinajstić information content (AvgIpc) is 3.31. The van der Waals surface area contributed by atoms with Crippen molar-refractivity contribution in [3.8, 4) is 5.69 Å². The molecule has 1 fully saturated rings. The van der Waals surface area contributed by atoms with Gasteiger partial charge in [-0.25, -0.2) is 17.9 Å². The number of hydrogen-bond acceptors (Lipinski definition) is 9. The molecule has 11 nitrogen and oxygen atoms in total. The quantitative estimate of drug-likeness (QED) is 0.488. The summed E-state index contributed by atoms with van der Waals surface area (Å²) in [5.41, 5.74) is 1.28. The van der Waals surface area contributed by atoms with E-state index in [4.69, 9.17) is 4.74 Å². The van der Waals surface area contributed by atoms with Gasteiger partial charge in [0.05, 0.1) is 40.2 Å². The molecule has 0 saturated carbocycles. The van der Waals surface area contributed by atoms with Crippen molar-refractivity contribution < 1.29 is 23.1 Å². The van der Waals surface area contributed by atoms with E-state index in [2.05, 4.69) is 20.2 Å². The lowest BCUT2D eigenvalue weighted by atomic mass is 9.96. The lowest BCUT2D eigenvalue weighted by Crippen LogP contribution is -2.60. The van der Waals surface area contributed by atoms with E-state index in [0.29, 0.717) is 42.1 Å². The van der Waals surface area contributed by atoms with E-state index in [1.165, 1.54) is 30.3 Å². The number of nitrogens with zero attached hydrogens (tertiary/aromatic N) is 5. The van der Waals surface area contributed by atoms with Crippen LogP contribution in [0.1, 0.15) is 29.8 Å². The number of esters is 1. The summed E-state index contributed by atoms with van der Waals surface area (Å²) in [6, 6.07) is 9.57. The Morgan fingerprint density at radius 1 is 1.24 bits per heavy atom. The summed E-state index contributed by atoms with van der Waals surface area (Å²) >= 11 is 0. The van der Waals surface area contributed by atoms with Crippen molar-refractivity contribution >= 4 is 27.4 Å². The highest BCUT2D eigenvalue weighted by Gasteiger charge is 2.38. The minimum absolute atomic E-state index is 0.0118. The van der Waals surface area contributed by atoms with E-state index in [1.807, 2.05) is 11.8 Å². The predicted octanol–water partition coefficient (Wildman–Crippen LogP) is 1.38. The predicted molar refractivity (Wildman–Crippen MR) is 120 cm³/mol. The number of tetrazole rings is 1. The molecule has 4 rings (SSSR count). The molecule has 174 valence electrons. The van der Waals surface area contributed by atoms with E-state index >= 15 is 0 Å². The van der Waals surface area contributed by atoms with Crippen molar-refractivity contribution in [3.63, 3.8) is 0 Å². The number of nitrogens with one attached hydrogen (secondary N) is 1. The summed E-state index contributed by atoms with van der Waals surface area (Å²) < 4.78 is 35.7. The maximum absolute atomic E-state index is 13.5. The maximum Gasteiger partial charge on any atom is 0.337 e. The highest BCUT2D eigenvalue weighted by Crippen LogP contribution is 2.36. The minimum Gasteiger partial charge on any atom is -0.465 e. The first kappa shape index (κ1) is 22.7. The monoisotopic (exact) mass is 472 g/mol. The van der Waals surface area contributed by atoms with Crippen LogP contribution in [0.25, 0.3) is 5.69 Å². The van der Waals surface area contributed by atoms with Gasteiger partial charge in [-0.05, 0) is 59.7 Å². The first-order chi connectivity index (χ1) is 15.6. The van der Waals surface area contributed by atoms with Crippen LogP contribution < -0.4 is 9.62 Å². The summed E-state index contributed by atoms with van der Waals surface area (Å²) in [5.74, 6) is -0.627. The highest BCUT2D eigenvalue weighted by atomic mass is 32.2. The fourth-order valence-electron chi connectivity index (χ4n) is 3.79. The number of hydrogen-bond donors (Lipinski definition) is 2. The Hall–Kier alpha value is -3.51. The third-order valence-corrected chi connectivity index (χ3v) is 6.85. The molecule has 2 heterocycles. The molecule has 12 heteroatoms. The molecule has 3 aromatic rings. The summed E-state index contributed by atoms with van der Waals surface area (Å²) in [5, 5.41) is 21.3. The molecule has 0 radical (unpaired) electrons. The van der Waals surface area contributed by atoms with Crippen molar-refractivity contribution in [1.29, 1.82) is 0 Å². The second-order valence-corrected chi connectivity index (χ2v) is 9.73. The standard InChI is InChI=1S/C21H24N6O5S/c1-4-14-5-6-15(20(28)32-3)9-19(14)33(30,31)23-17-10-16(27-13-22-24-25-27)7-8-18(17)26-11-21(2,29)12-26/h5-10,13,23,29H,4,11-12H2,1-3H3. The van der Waals surface area contributed by atoms with Crippen molar-refractivity contribution in [3.05, 3.63) is 53.9 Å². The highest BCUT2D eigenvalue weighted by molar-refractivity contribution is 7.92. The SMILES string of the molecule is CCc1ccc(C(=O)OC)cc1S(=O)(=O)Nc1cc(-n2cnnn2)ccc1N1CC(C)(O)C1. The number of benzene rings is 2. The number of rotatable bonds is 7. The molecule has 0 bridgehead atoms. The Labute approximate surface area is 191 Å². The molecule has 0 amide bonds. The van der Waals surface area contributed by atoms with Crippen molar-refractivity contribution in [2.45, 2.75) is 30.8 Å². The van der Waals surface area contributed by atoms with E-state index in [9.17, 15) is 18.3 Å². The number of aromatic nitrogens is 4. The first-order valence-electron chi connectivity index (χ1n) is 10.2. The first-order valence-corrected chi connectivity index (χ1v) is 11.7. The van der Waals surface area contributed by atoms with Crippen molar-refractivity contribution in [2.24, 2.45) is 0 Å². The molecular weight excluding hydrogens is 448 g/mol. The molecular formula is C21H24N6O5S. The third-order valence-electron chi connectivity index (χ3n) is 5.40. The Kier molecular flexibility index (Phi) is 5.80. The molecule has 33 heavy (non-hydrogen) atoms. The van der Waals surface area contributed by atoms with Gasteiger partial charge in [0, 0.05) is 13.1 Å². The number of aryl methyl sites for hydroxylation is 1. The van der Waals surface area contributed by atoms with Crippen LogP contribution in [0, 0.1) is 0 Å². The summed E-state index contributed by atoms with van der Waals surface area (Å²) in [4.78, 5) is 13.8. The molecule has 0 unspecified atom stereocenters. The van der Waals surface area contributed by atoms with Crippen LogP contribution in [0.15, 0.2) is 47.6 Å². The van der Waals surface area contributed by atoms with Gasteiger partial charge < -0.3 is 14.7 Å². The molecule has 0 aliphatic carbocycles. The van der Waals surface area contributed by atoms with E-state index in [1.54, 1.807) is 31.2 Å². The summed E-state index contributed by atoms with van der Waals surface area (Å²) in [7, 11) is -2.85. The molecule has 1 aliphatic rings. The molecule has 1 aliphatic heterocycles. The van der Waals surface area contributed by atoms with Crippen LogP contribution in [-0.4, -0.2) is 65.5 Å². The Balaban J connectivity index is 1.77. The van der Waals surface area contributed by atoms with Gasteiger partial charge in [-0.2, -0.15) is 0 Å². The van der Waals surface area contributed by atoms with Gasteiger partial charge in [-0.1, -0.05) is 13.0 Å². The van der Waals surface area contributed by atoms with Gasteiger partial charge >= 0.3 is 5.97 Å². The minimum atomic E-state index is -4.08. The van der Waals surface area contributed by atoms with Gasteiger partial charge in [-0.3, -0.25) is 4.72 Å². The normalized spacial score (nSPS) is 15.1. The lowest BCUT2D eigenvalue weighted by Gasteiger charge is -2.46. The average molecular weight is 473 g/mol. The zero-order valence-electron chi connectivity index (χ0n) is 18.4. The number of carbonyl (C=O) groups excluding carboxylic acids is 1. The lowest BCUT2D eigenvalue weighted by molar-refractivity contribution is 0.0311. The van der Waals surface area contributed by atoms with Crippen molar-refractivity contribution in [2.75, 3.05) is 29.8 Å². The zero-order valence-corrected chi connectivity index (χ0v) is 19.2. The molecule has 1 aromatic heterocycles. The molecule has 0 atom stereocenters. The Morgan fingerprint density at radius 2 is 2.00 bits per heavy atom. The second kappa shape index (κ2) is 8.45. The van der Waals surface area contributed by atoms with Crippen LogP contribution in [-0.2, 0) is 21.2 Å². The number of methoxy groups -OCH3 is 1. The van der Waals surface area contributed by atoms with E-state index in [0.717, 1.165) is 0 Å². The summed E-state index contributed by atoms with van der Waals surface area (Å²) in [6.45, 7) is 4.25. The topological polar surface area (TPSA) is 140 Å². The van der Waals surface area contributed by atoms with Crippen LogP contribution in [0.5, 0.6) is 0 Å². The maximum atomic E-state index is 13.5. The van der Waals surface area contributed by atoms with E-state index in [-0.39, 0.29) is 10.5 Å². The third kappa shape index (κ3) is 4.52. The van der Waals surface area contributed by atoms with Crippen LogP contribution in [0.4, 0.5) is 11.4 Å². The fraction of sp³-hybridized carbons (Fsp3) is 0.333. The van der Waals surface area contributed by atoms with Crippen LogP contribution in [0.2, 0.25) is 0 Å². The number of ether oxygens (including phenoxy) is 1. The number of aliphatic hydroxyl groups is 1. The van der Waals surface area contributed by atoms with Crippen LogP contribution >= 0.6 is 0 Å². The van der Waals surface area contributed by atoms with Crippen LogP contribution in [0.3, 0.4) is 0 Å². The van der Waals surface area contributed by atoms with Gasteiger partial charge in [0.25, 0.3) is 10.0 Å². The van der Waals surface area contributed by atoms with Gasteiger partial charge in [0.2, 0.25) is 0 Å². The molecule has 2 aromatic carbocycles. The molecule has 1 saturated heterocycles. The zero-order chi connectivity index (χ0) is 23.8. The Morgan fingerprint density at radius 3 is 2.61 bits per heavy atom. The summed E-state index contributed by atoms with van der Waals surface area (Å²) in [6.07, 6.45) is 1.85. The number of sulfonamides is 1. The van der Waals surface area contributed by atoms with Gasteiger partial charge in [-0.15, -0.1) is 5.10 Å². The van der Waals surface area contributed by atoms with Gasteiger partial charge in [0.15, 0.2) is 0 Å². The molecule has 0 spiro atoms. The second-order valence-electron chi connectivity index (χ2n) is 8.08. The molecule has 2 N–H and O–H groups in total. The largest absolute Gasteiger partial charge is 0.465 e. The Bertz CT molecular complexity index is 1280. The fourth-order valence-corrected chi connectivity index (χ4v) is 5.19. The smallest absolute Gasteiger partial charge is 0.337 e. The van der Waals surface area contributed by atoms with Gasteiger partial charge in [0.1, 0.15) is 6.33 Å². The number of anilines is 2. The number of β-amino-alcohol motifs (C(OH)–C–C–N with tert-alkyl or cyclic N) is 1. The number of carbonyl (C=O) groups is 1. The van der Waals surface area contributed by atoms with Crippen molar-refractivity contribution in [1.82, 2.24) is 20.2 Å². The van der Waals surface area contributed by atoms with E-state index < -0.39 is 21.6 Å².